The topological polar surface area (TPSA) is 403 Å². The lowest BCUT2D eigenvalue weighted by Crippen LogP contribution is -2.37. The first kappa shape index (κ1) is 90.8. The minimum Gasteiger partial charge on any atom is -0.325 e. The van der Waals surface area contributed by atoms with Crippen LogP contribution in [0.1, 0.15) is 161 Å². The summed E-state index contributed by atoms with van der Waals surface area (Å²) in [6, 6.07) is 9.53. The largest absolute Gasteiger partial charge is 0.332 e. The van der Waals surface area contributed by atoms with Crippen LogP contribution in [0.15, 0.2) is 107 Å². The van der Waals surface area contributed by atoms with Crippen molar-refractivity contribution in [3.05, 3.63) is 220 Å². The molecule has 0 amide bonds. The average molecular weight is 1730 g/mol. The van der Waals surface area contributed by atoms with Crippen LogP contribution in [-0.4, -0.2) is 158 Å². The van der Waals surface area contributed by atoms with Gasteiger partial charge in [-0.05, 0) is 114 Å². The minimum absolute atomic E-state index is 0.280. The highest BCUT2D eigenvalue weighted by Crippen LogP contribution is 2.33. The molecule has 16 heterocycles. The summed E-state index contributed by atoms with van der Waals surface area (Å²) in [7, 11) is 29.2. The van der Waals surface area contributed by atoms with Gasteiger partial charge >= 0.3 is 34.1 Å². The predicted octanol–water partition coefficient (Wildman–Crippen LogP) is 2.25. The lowest BCUT2D eigenvalue weighted by molar-refractivity contribution is 0.250. The van der Waals surface area contributed by atoms with Crippen molar-refractivity contribution in [2.75, 3.05) is 26.2 Å². The van der Waals surface area contributed by atoms with Crippen molar-refractivity contribution in [3.8, 4) is 0 Å². The van der Waals surface area contributed by atoms with E-state index in [0.29, 0.717) is 116 Å². The number of hydrogen-bond acceptors (Lipinski definition) is 22. The Morgan fingerprint density at radius 2 is 0.460 bits per heavy atom. The van der Waals surface area contributed by atoms with Crippen LogP contribution in [0, 0.1) is 0 Å². The van der Waals surface area contributed by atoms with Crippen LogP contribution in [0.3, 0.4) is 0 Å². The molecule has 16 rings (SSSR count). The number of imidazole rings is 6. The number of aryl methyl sites for hydroxylation is 18. The molecule has 2 saturated heterocycles. The molecule has 40 nitrogen and oxygen atoms in total. The van der Waals surface area contributed by atoms with Crippen LogP contribution in [0.5, 0.6) is 0 Å². The maximum Gasteiger partial charge on any atom is 0.332 e. The zero-order chi connectivity index (χ0) is 90.9. The van der Waals surface area contributed by atoms with E-state index in [-0.39, 0.29) is 33.6 Å². The molecule has 40 heteroatoms. The molecule has 0 aliphatic carbocycles. The maximum absolute atomic E-state index is 12.5. The molecular formula is C86H116N28O12. The number of pyridine rings is 2. The molecule has 0 aromatic carbocycles. The molecule has 2 fully saturated rings. The fraction of sp³-hybridized carbons (Fsp3) is 0.535. The van der Waals surface area contributed by atoms with E-state index in [1.54, 1.807) is 88.7 Å². The smallest absolute Gasteiger partial charge is 0.325 e. The molecule has 126 heavy (non-hydrogen) atoms. The monoisotopic (exact) mass is 1730 g/mol. The zero-order valence-electron chi connectivity index (χ0n) is 75.6. The van der Waals surface area contributed by atoms with Crippen molar-refractivity contribution in [2.45, 2.75) is 153 Å². The first-order valence-electron chi connectivity index (χ1n) is 43.0. The summed E-state index contributed by atoms with van der Waals surface area (Å²) in [4.78, 5) is 189. The van der Waals surface area contributed by atoms with Gasteiger partial charge < -0.3 is 27.4 Å². The van der Waals surface area contributed by atoms with E-state index in [1.807, 2.05) is 60.1 Å². The molecule has 14 aromatic rings. The maximum atomic E-state index is 12.5. The number of unbranched alkanes of at least 4 members (excludes halogenated alkanes) is 9. The van der Waals surface area contributed by atoms with Crippen molar-refractivity contribution < 1.29 is 0 Å². The predicted molar refractivity (Wildman–Crippen MR) is 480 cm³/mol. The van der Waals surface area contributed by atoms with Crippen molar-refractivity contribution >= 4 is 67.0 Å². The highest BCUT2D eigenvalue weighted by molar-refractivity contribution is 5.75. The fourth-order valence-electron chi connectivity index (χ4n) is 17.9. The van der Waals surface area contributed by atoms with Gasteiger partial charge in [0.1, 0.15) is 34.9 Å². The van der Waals surface area contributed by atoms with Gasteiger partial charge in [0.15, 0.2) is 67.0 Å². The Hall–Kier alpha value is -12.9. The molecule has 2 aliphatic rings. The van der Waals surface area contributed by atoms with Gasteiger partial charge in [-0.1, -0.05) is 50.7 Å². The summed E-state index contributed by atoms with van der Waals surface area (Å²) in [5.41, 5.74) is 3.05. The summed E-state index contributed by atoms with van der Waals surface area (Å²) >= 11 is 0. The van der Waals surface area contributed by atoms with Gasteiger partial charge in [0.2, 0.25) is 0 Å². The molecule has 0 saturated carbocycles. The Bertz CT molecular complexity index is 7030. The molecule has 2 aliphatic heterocycles. The second-order valence-electron chi connectivity index (χ2n) is 33.5. The molecule has 2 atom stereocenters. The average Bonchev–Trinajstić information content (AvgIpc) is 1.63. The summed E-state index contributed by atoms with van der Waals surface area (Å²) in [6.45, 7) is 4.68. The van der Waals surface area contributed by atoms with E-state index < -0.39 is 33.9 Å². The lowest BCUT2D eigenvalue weighted by atomic mass is 10.1. The van der Waals surface area contributed by atoms with E-state index >= 15 is 0 Å². The van der Waals surface area contributed by atoms with E-state index in [4.69, 9.17) is 0 Å². The molecule has 14 aromatic heterocycles. The van der Waals surface area contributed by atoms with E-state index in [0.717, 1.165) is 109 Å². The number of fused-ring (bicyclic) bond motifs is 6. The van der Waals surface area contributed by atoms with Crippen molar-refractivity contribution in [2.24, 2.45) is 127 Å². The van der Waals surface area contributed by atoms with Crippen LogP contribution in [0.25, 0.3) is 67.0 Å². The molecule has 0 spiro atoms. The molecule has 0 N–H and O–H groups in total. The Kier molecular flexibility index (Phi) is 27.3. The standard InChI is InChI=1S/C25H36N6O2.C23H32N6O2.C20H26N8O4.C18H22N8O4/c1-28-21(27-23-22(28)24(32)30(3)25(33)29(23)2)14-8-6-4-5-7-9-16-31-17-11-13-20(31)19-12-10-15-26-18-19;1-26-19(25-21-20(26)22(30)28(3)23(31)27(21)2)12-6-4-5-7-14-29-15-9-11-18(29)17-10-8-13-24-16-17;1-23-11(21-15-13(23)17(29)27(5)19(31)25(15)3)9-7-8-10-12-22-16-14(24(12)2)18(30)28(6)20(32)26(16)4;1-21-9(19-13-11(21)15(27)25(5)17(29)23(13)3)7-8-10-20-14-12(22(10)2)16(28)26(6)18(30)24(14)4/h10,12,15,18,20H,4-9,11,13-14,16-17H2,1-3H3;8,10,13,16,18H,4-7,9,11-12,14-15H2,1-3H3;7-10H2,1-6H3;7-8H2,1-6H3. The summed E-state index contributed by atoms with van der Waals surface area (Å²) in [6.07, 6.45) is 29.7. The molecular weight excluding hydrogens is 1620 g/mol. The van der Waals surface area contributed by atoms with Crippen LogP contribution in [0.4, 0.5) is 0 Å². The SMILES string of the molecule is Cn1c(=O)c2c(nc(CCCCCCCCN3CCCC3c3cccnc3)n2C)n(C)c1=O.Cn1c(=O)c2c(nc(CCCCCCN3CCCC3c3cccnc3)n2C)n(C)c1=O.Cn1c(=O)c2c(nc(CCCCc3nc4c(c(=O)n(C)c(=O)n4C)n3C)n2C)n(C)c1=O.Cn1c(=O)c2c(nc(CCc3nc4c(c(=O)n(C)c(=O)n4C)n3C)n2C)n(C)c1=O. The summed E-state index contributed by atoms with van der Waals surface area (Å²) < 4.78 is 25.4. The normalized spacial score (nSPS) is 14.4. The Morgan fingerprint density at radius 1 is 0.254 bits per heavy atom. The Labute approximate surface area is 722 Å². The number of aromatic nitrogens is 26. The fourth-order valence-corrected chi connectivity index (χ4v) is 17.9. The van der Waals surface area contributed by atoms with Crippen LogP contribution in [0.2, 0.25) is 0 Å². The van der Waals surface area contributed by atoms with Crippen LogP contribution >= 0.6 is 0 Å². The number of likely N-dealkylation sites (tertiary alicyclic amines) is 2. The van der Waals surface area contributed by atoms with Gasteiger partial charge in [-0.15, -0.1) is 0 Å². The number of rotatable bonds is 26. The summed E-state index contributed by atoms with van der Waals surface area (Å²) in [5, 5.41) is 0. The van der Waals surface area contributed by atoms with Gasteiger partial charge in [-0.3, -0.25) is 103 Å². The van der Waals surface area contributed by atoms with Gasteiger partial charge in [-0.25, -0.2) is 58.7 Å². The first-order valence-corrected chi connectivity index (χ1v) is 43.0. The molecule has 0 bridgehead atoms. The second kappa shape index (κ2) is 37.9. The van der Waals surface area contributed by atoms with Gasteiger partial charge in [0.05, 0.1) is 0 Å². The molecule has 2 unspecified atom stereocenters. The van der Waals surface area contributed by atoms with Gasteiger partial charge in [0, 0.05) is 202 Å². The minimum atomic E-state index is -0.440. The Morgan fingerprint density at radius 3 is 0.683 bits per heavy atom. The first-order chi connectivity index (χ1) is 60.1. The Balaban J connectivity index is 0.000000144. The highest BCUT2D eigenvalue weighted by Gasteiger charge is 2.29. The quantitative estimate of drug-likeness (QED) is 0.0701. The van der Waals surface area contributed by atoms with E-state index in [1.165, 1.54) is 165 Å². The van der Waals surface area contributed by atoms with Crippen molar-refractivity contribution in [3.63, 3.8) is 0 Å². The second-order valence-corrected chi connectivity index (χ2v) is 33.5. The number of hydrogen-bond donors (Lipinski definition) is 0. The van der Waals surface area contributed by atoms with Gasteiger partial charge in [0.25, 0.3) is 33.4 Å². The van der Waals surface area contributed by atoms with Crippen LogP contribution < -0.4 is 67.5 Å². The third kappa shape index (κ3) is 17.3. The third-order valence-electron chi connectivity index (χ3n) is 25.6. The van der Waals surface area contributed by atoms with Gasteiger partial charge in [-0.2, -0.15) is 0 Å². The van der Waals surface area contributed by atoms with Crippen LogP contribution in [-0.2, 0) is 165 Å². The summed E-state index contributed by atoms with van der Waals surface area (Å²) in [5.74, 6) is 4.40. The third-order valence-corrected chi connectivity index (χ3v) is 25.6. The van der Waals surface area contributed by atoms with Crippen molar-refractivity contribution in [1.29, 1.82) is 0 Å². The molecule has 0 radical (unpaired) electrons. The van der Waals surface area contributed by atoms with E-state index in [2.05, 4.69) is 61.8 Å². The highest BCUT2D eigenvalue weighted by atomic mass is 16.2. The van der Waals surface area contributed by atoms with E-state index in [9.17, 15) is 57.5 Å². The molecule has 672 valence electrons. The zero-order valence-corrected chi connectivity index (χ0v) is 75.6. The number of nitrogens with zero attached hydrogens (tertiary/aromatic N) is 28. The van der Waals surface area contributed by atoms with Crippen molar-refractivity contribution in [1.82, 2.24) is 132 Å². The lowest BCUT2D eigenvalue weighted by Gasteiger charge is -2.24.